The molecule has 0 aliphatic rings. The van der Waals surface area contributed by atoms with E-state index in [2.05, 4.69) is 9.97 Å². The van der Waals surface area contributed by atoms with Crippen LogP contribution in [-0.4, -0.2) is 15.8 Å². The van der Waals surface area contributed by atoms with E-state index in [-0.39, 0.29) is 5.78 Å². The molecule has 2 aromatic rings. The van der Waals surface area contributed by atoms with E-state index in [0.717, 1.165) is 15.6 Å². The zero-order valence-corrected chi connectivity index (χ0v) is 9.19. The molecular formula is C9H8N2OS2. The van der Waals surface area contributed by atoms with Gasteiger partial charge in [0, 0.05) is 11.6 Å². The van der Waals surface area contributed by atoms with E-state index in [4.69, 9.17) is 0 Å². The lowest BCUT2D eigenvalue weighted by Crippen LogP contribution is -2.02. The smallest absolute Gasteiger partial charge is 0.181 e. The Labute approximate surface area is 89.5 Å². The van der Waals surface area contributed by atoms with Crippen molar-refractivity contribution in [1.82, 2.24) is 9.97 Å². The Balaban J connectivity index is 2.14. The van der Waals surface area contributed by atoms with Crippen LogP contribution in [0, 0.1) is 6.92 Å². The maximum absolute atomic E-state index is 11.7. The number of aryl methyl sites for hydroxylation is 1. The number of carbonyl (C=O) groups is 1. The molecule has 0 fully saturated rings. The van der Waals surface area contributed by atoms with Crippen LogP contribution in [0.1, 0.15) is 20.4 Å². The van der Waals surface area contributed by atoms with Crippen LogP contribution < -0.4 is 0 Å². The van der Waals surface area contributed by atoms with Crippen LogP contribution in [0.2, 0.25) is 0 Å². The fourth-order valence-corrected chi connectivity index (χ4v) is 2.49. The zero-order chi connectivity index (χ0) is 9.97. The highest BCUT2D eigenvalue weighted by atomic mass is 32.1. The zero-order valence-electron chi connectivity index (χ0n) is 7.56. The van der Waals surface area contributed by atoms with E-state index < -0.39 is 0 Å². The number of carbonyl (C=O) groups excluding carboxylic acids is 1. The molecule has 0 spiro atoms. The highest BCUT2D eigenvalue weighted by molar-refractivity contribution is 7.12. The molecule has 0 amide bonds. The summed E-state index contributed by atoms with van der Waals surface area (Å²) in [5.41, 5.74) is 2.52. The van der Waals surface area contributed by atoms with Gasteiger partial charge in [-0.05, 0) is 6.92 Å². The van der Waals surface area contributed by atoms with Crippen LogP contribution in [-0.2, 0) is 6.42 Å². The van der Waals surface area contributed by atoms with Crippen molar-refractivity contribution in [3.8, 4) is 0 Å². The molecule has 72 valence electrons. The van der Waals surface area contributed by atoms with Gasteiger partial charge < -0.3 is 0 Å². The Kier molecular flexibility index (Phi) is 2.69. The number of ketones is 1. The van der Waals surface area contributed by atoms with Crippen molar-refractivity contribution in [2.45, 2.75) is 13.3 Å². The Hall–Kier alpha value is -1.07. The summed E-state index contributed by atoms with van der Waals surface area (Å²) in [5, 5.41) is 2.74. The molecule has 0 saturated carbocycles. The van der Waals surface area contributed by atoms with Crippen molar-refractivity contribution in [3.05, 3.63) is 32.7 Å². The molecule has 0 N–H and O–H groups in total. The number of aromatic nitrogens is 2. The predicted molar refractivity (Wildman–Crippen MR) is 57.0 cm³/mol. The van der Waals surface area contributed by atoms with E-state index >= 15 is 0 Å². The average Bonchev–Trinajstić information content (AvgIpc) is 2.75. The van der Waals surface area contributed by atoms with Crippen LogP contribution in [0.3, 0.4) is 0 Å². The summed E-state index contributed by atoms with van der Waals surface area (Å²) >= 11 is 2.90. The summed E-state index contributed by atoms with van der Waals surface area (Å²) in [6, 6.07) is 0. The fourth-order valence-electron chi connectivity index (χ4n) is 1.13. The number of hydrogen-bond donors (Lipinski definition) is 0. The van der Waals surface area contributed by atoms with Gasteiger partial charge >= 0.3 is 0 Å². The van der Waals surface area contributed by atoms with E-state index in [0.29, 0.717) is 6.42 Å². The standard InChI is InChI=1S/C9H8N2OS2/c1-6-9(14-5-11-6)7(12)4-8-10-2-3-13-8/h2-3,5H,4H2,1H3. The first-order chi connectivity index (χ1) is 6.77. The highest BCUT2D eigenvalue weighted by Crippen LogP contribution is 2.16. The largest absolute Gasteiger partial charge is 0.293 e. The van der Waals surface area contributed by atoms with Gasteiger partial charge in [-0.15, -0.1) is 22.7 Å². The SMILES string of the molecule is Cc1ncsc1C(=O)Cc1nccs1. The van der Waals surface area contributed by atoms with Gasteiger partial charge in [-0.1, -0.05) is 0 Å². The van der Waals surface area contributed by atoms with E-state index in [1.54, 1.807) is 11.7 Å². The molecule has 5 heteroatoms. The second-order valence-electron chi connectivity index (χ2n) is 2.79. The number of Topliss-reactive ketones (excluding diaryl/α,β-unsaturated/α-hetero) is 1. The lowest BCUT2D eigenvalue weighted by molar-refractivity contribution is 0.0996. The highest BCUT2D eigenvalue weighted by Gasteiger charge is 2.13. The first-order valence-corrected chi connectivity index (χ1v) is 5.85. The molecule has 0 unspecified atom stereocenters. The molecule has 0 saturated heterocycles. The summed E-state index contributed by atoms with van der Waals surface area (Å²) in [4.78, 5) is 20.6. The lowest BCUT2D eigenvalue weighted by atomic mass is 10.2. The fraction of sp³-hybridized carbons (Fsp3) is 0.222. The number of hydrogen-bond acceptors (Lipinski definition) is 5. The average molecular weight is 224 g/mol. The van der Waals surface area contributed by atoms with Crippen molar-refractivity contribution in [2.75, 3.05) is 0 Å². The summed E-state index contributed by atoms with van der Waals surface area (Å²) in [6.45, 7) is 1.85. The van der Waals surface area contributed by atoms with Gasteiger partial charge in [-0.2, -0.15) is 0 Å². The number of nitrogens with zero attached hydrogens (tertiary/aromatic N) is 2. The van der Waals surface area contributed by atoms with Crippen molar-refractivity contribution in [3.63, 3.8) is 0 Å². The summed E-state index contributed by atoms with van der Waals surface area (Å²) in [5.74, 6) is 0.111. The van der Waals surface area contributed by atoms with Crippen molar-refractivity contribution >= 4 is 28.5 Å². The van der Waals surface area contributed by atoms with E-state index in [1.165, 1.54) is 22.7 Å². The summed E-state index contributed by atoms with van der Waals surface area (Å²) in [6.07, 6.45) is 2.10. The van der Waals surface area contributed by atoms with Crippen LogP contribution in [0.5, 0.6) is 0 Å². The predicted octanol–water partition coefficient (Wildman–Crippen LogP) is 2.33. The van der Waals surface area contributed by atoms with Crippen molar-refractivity contribution < 1.29 is 4.79 Å². The molecular weight excluding hydrogens is 216 g/mol. The Morgan fingerprint density at radius 3 is 2.86 bits per heavy atom. The molecule has 0 aliphatic carbocycles. The topological polar surface area (TPSA) is 42.9 Å². The molecule has 2 aromatic heterocycles. The van der Waals surface area contributed by atoms with Gasteiger partial charge in [-0.25, -0.2) is 9.97 Å². The number of thiazole rings is 2. The lowest BCUT2D eigenvalue weighted by Gasteiger charge is -1.94. The third-order valence-corrected chi connectivity index (χ3v) is 3.54. The minimum Gasteiger partial charge on any atom is -0.293 e. The molecule has 0 aliphatic heterocycles. The maximum atomic E-state index is 11.7. The molecule has 0 aromatic carbocycles. The van der Waals surface area contributed by atoms with Crippen LogP contribution in [0.4, 0.5) is 0 Å². The monoisotopic (exact) mass is 224 g/mol. The Bertz CT molecular complexity index is 433. The maximum Gasteiger partial charge on any atom is 0.181 e. The van der Waals surface area contributed by atoms with Gasteiger partial charge in [0.05, 0.1) is 22.5 Å². The second-order valence-corrected chi connectivity index (χ2v) is 4.63. The van der Waals surface area contributed by atoms with E-state index in [1.807, 2.05) is 12.3 Å². The van der Waals surface area contributed by atoms with Gasteiger partial charge in [0.2, 0.25) is 0 Å². The molecule has 0 bridgehead atoms. The first kappa shape index (κ1) is 9.48. The van der Waals surface area contributed by atoms with E-state index in [9.17, 15) is 4.79 Å². The van der Waals surface area contributed by atoms with Gasteiger partial charge in [0.15, 0.2) is 5.78 Å². The van der Waals surface area contributed by atoms with Crippen LogP contribution in [0.15, 0.2) is 17.1 Å². The molecule has 0 atom stereocenters. The molecule has 2 heterocycles. The third-order valence-electron chi connectivity index (χ3n) is 1.79. The van der Waals surface area contributed by atoms with Gasteiger partial charge in [0.1, 0.15) is 5.01 Å². The van der Waals surface area contributed by atoms with Gasteiger partial charge in [0.25, 0.3) is 0 Å². The molecule has 3 nitrogen and oxygen atoms in total. The van der Waals surface area contributed by atoms with Gasteiger partial charge in [-0.3, -0.25) is 4.79 Å². The number of rotatable bonds is 3. The van der Waals surface area contributed by atoms with Crippen molar-refractivity contribution in [2.24, 2.45) is 0 Å². The minimum atomic E-state index is 0.111. The molecule has 14 heavy (non-hydrogen) atoms. The Morgan fingerprint density at radius 2 is 2.29 bits per heavy atom. The Morgan fingerprint density at radius 1 is 1.43 bits per heavy atom. The summed E-state index contributed by atoms with van der Waals surface area (Å²) < 4.78 is 0. The summed E-state index contributed by atoms with van der Waals surface area (Å²) in [7, 11) is 0. The van der Waals surface area contributed by atoms with Crippen LogP contribution >= 0.6 is 22.7 Å². The second kappa shape index (κ2) is 3.98. The normalized spacial score (nSPS) is 10.4. The quantitative estimate of drug-likeness (QED) is 0.751. The van der Waals surface area contributed by atoms with Crippen LogP contribution in [0.25, 0.3) is 0 Å². The minimum absolute atomic E-state index is 0.111. The molecule has 0 radical (unpaired) electrons. The molecule has 2 rings (SSSR count). The first-order valence-electron chi connectivity index (χ1n) is 4.09. The van der Waals surface area contributed by atoms with Crippen molar-refractivity contribution in [1.29, 1.82) is 0 Å². The third kappa shape index (κ3) is 1.88.